The average molecular weight is 997 g/mol. The van der Waals surface area contributed by atoms with Crippen LogP contribution in [0.3, 0.4) is 0 Å². The molecule has 12 nitrogen and oxygen atoms in total. The minimum Gasteiger partial charge on any atom is -0.491 e. The highest BCUT2D eigenvalue weighted by molar-refractivity contribution is 5.79. The number of aliphatic hydroxyl groups excluding tert-OH is 2. The number of rotatable bonds is 28. The third-order valence-electron chi connectivity index (χ3n) is 13.5. The Morgan fingerprint density at radius 1 is 0.375 bits per heavy atom. The van der Waals surface area contributed by atoms with Crippen LogP contribution in [0.25, 0.3) is 0 Å². The molecule has 2 saturated carbocycles. The van der Waals surface area contributed by atoms with Crippen LogP contribution >= 0.6 is 0 Å². The lowest BCUT2D eigenvalue weighted by Crippen LogP contribution is -2.30. The summed E-state index contributed by atoms with van der Waals surface area (Å²) < 4.78 is 32.8. The van der Waals surface area contributed by atoms with Gasteiger partial charge in [-0.25, -0.2) is 0 Å². The first-order chi connectivity index (χ1) is 35.2. The number of carbonyl (C=O) groups excluding carboxylic acids is 4. The smallest absolute Gasteiger partial charge is 0.314 e. The highest BCUT2D eigenvalue weighted by Gasteiger charge is 2.33. The van der Waals surface area contributed by atoms with Gasteiger partial charge < -0.3 is 38.6 Å². The summed E-state index contributed by atoms with van der Waals surface area (Å²) in [5.41, 5.74) is 2.59. The van der Waals surface area contributed by atoms with Crippen molar-refractivity contribution in [1.29, 1.82) is 0 Å². The monoisotopic (exact) mass is 997 g/mol. The molecule has 12 heteroatoms. The summed E-state index contributed by atoms with van der Waals surface area (Å²) in [7, 11) is 0. The Labute approximate surface area is 431 Å². The predicted octanol–water partition coefficient (Wildman–Crippen LogP) is 13.0. The van der Waals surface area contributed by atoms with Crippen molar-refractivity contribution in [3.05, 3.63) is 108 Å². The van der Waals surface area contributed by atoms with E-state index in [2.05, 4.69) is 38.1 Å². The number of aliphatic hydroxyl groups is 2. The molecular weight excluding hydrogens is 913 g/mol. The number of carbonyl (C=O) groups is 4. The van der Waals surface area contributed by atoms with Crippen LogP contribution in [0.5, 0.6) is 34.5 Å². The normalized spacial score (nSPS) is 17.4. The van der Waals surface area contributed by atoms with Gasteiger partial charge in [0.2, 0.25) is 0 Å². The van der Waals surface area contributed by atoms with Gasteiger partial charge in [0.1, 0.15) is 47.7 Å². The Bertz CT molecular complexity index is 2000. The van der Waals surface area contributed by atoms with Crippen molar-refractivity contribution in [2.75, 3.05) is 26.4 Å². The molecule has 6 rings (SSSR count). The lowest BCUT2D eigenvalue weighted by molar-refractivity contribution is -0.145. The van der Waals surface area contributed by atoms with Crippen molar-refractivity contribution in [3.8, 4) is 34.5 Å². The number of benzene rings is 4. The Kier molecular flexibility index (Phi) is 26.3. The maximum absolute atomic E-state index is 12.8. The van der Waals surface area contributed by atoms with E-state index < -0.39 is 0 Å². The summed E-state index contributed by atoms with van der Waals surface area (Å²) in [6.45, 7) is 4.75. The van der Waals surface area contributed by atoms with Gasteiger partial charge in [-0.05, 0) is 161 Å². The minimum atomic E-state index is -0.306. The molecule has 0 atom stereocenters. The predicted molar refractivity (Wildman–Crippen MR) is 283 cm³/mol. The molecule has 0 amide bonds. The van der Waals surface area contributed by atoms with Crippen molar-refractivity contribution in [3.63, 3.8) is 0 Å². The van der Waals surface area contributed by atoms with Crippen LogP contribution < -0.4 is 28.4 Å². The Balaban J connectivity index is 0.000000389. The van der Waals surface area contributed by atoms with Crippen LogP contribution in [0.2, 0.25) is 0 Å². The first-order valence-corrected chi connectivity index (χ1v) is 26.9. The SMILES string of the molecule is CCCCCCCCc1ccc(OC(=O)C2CCC(C(=O)Oc3ccc(CCCCCCCC)cc3)CC2)cc1.O=C(Oc1ccc(OCCO)cc1)C1CCC(C(=O)Oc2ccc(OCCO)cc2)CC1.[HH].[HH]. The lowest BCUT2D eigenvalue weighted by Gasteiger charge is -2.25. The van der Waals surface area contributed by atoms with Crippen LogP contribution in [0.15, 0.2) is 97.1 Å². The topological polar surface area (TPSA) is 164 Å². The second-order valence-electron chi connectivity index (χ2n) is 19.2. The Morgan fingerprint density at radius 3 is 0.875 bits per heavy atom. The molecule has 0 radical (unpaired) electrons. The summed E-state index contributed by atoms with van der Waals surface area (Å²) in [6.07, 6.45) is 22.5. The van der Waals surface area contributed by atoms with Crippen LogP contribution in [0, 0.1) is 23.7 Å². The van der Waals surface area contributed by atoms with Gasteiger partial charge in [0, 0.05) is 2.85 Å². The van der Waals surface area contributed by atoms with Crippen molar-refractivity contribution in [1.82, 2.24) is 0 Å². The standard InChI is InChI=1S/C36H52O4.C24H28O8.2H2/c1-3-5-7-9-11-13-15-29-17-25-33(26-18-29)39-35(37)31-21-23-32(24-22-31)36(38)40-34-27-19-30(20-28-34)16-14-12-10-8-6-4-2;25-13-15-29-19-5-9-21(10-6-19)31-23(27)17-1-2-18(4-3-17)24(28)32-22-11-7-20(8-12-22)30-16-14-26;;/h17-20,25-28,31-32H,3-16,21-24H2,1-2H3;5-12,17-18,25-26H,1-4,13-16H2;2*1H. The first kappa shape index (κ1) is 57.2. The molecular formula is C60H84O12. The molecule has 2 fully saturated rings. The number of ether oxygens (including phenoxy) is 6. The van der Waals surface area contributed by atoms with Crippen molar-refractivity contribution >= 4 is 23.9 Å². The van der Waals surface area contributed by atoms with Gasteiger partial charge in [0.25, 0.3) is 0 Å². The molecule has 4 aromatic carbocycles. The van der Waals surface area contributed by atoms with Gasteiger partial charge >= 0.3 is 23.9 Å². The van der Waals surface area contributed by atoms with E-state index in [4.69, 9.17) is 38.6 Å². The number of esters is 4. The largest absolute Gasteiger partial charge is 0.491 e. The Morgan fingerprint density at radius 2 is 0.611 bits per heavy atom. The second-order valence-corrected chi connectivity index (χ2v) is 19.2. The van der Waals surface area contributed by atoms with E-state index >= 15 is 0 Å². The zero-order valence-electron chi connectivity index (χ0n) is 42.9. The van der Waals surface area contributed by atoms with Crippen LogP contribution in [-0.2, 0) is 32.0 Å². The van der Waals surface area contributed by atoms with E-state index in [1.54, 1.807) is 48.5 Å². The summed E-state index contributed by atoms with van der Waals surface area (Å²) in [4.78, 5) is 50.4. The Hall–Kier alpha value is -5.72. The van der Waals surface area contributed by atoms with E-state index in [-0.39, 0.29) is 76.8 Å². The van der Waals surface area contributed by atoms with E-state index in [0.717, 1.165) is 12.8 Å². The van der Waals surface area contributed by atoms with Crippen LogP contribution in [0.1, 0.15) is 156 Å². The third kappa shape index (κ3) is 21.2. The molecule has 4 aromatic rings. The molecule has 2 aliphatic rings. The van der Waals surface area contributed by atoms with Gasteiger partial charge in [0.15, 0.2) is 0 Å². The summed E-state index contributed by atoms with van der Waals surface area (Å²) >= 11 is 0. The van der Waals surface area contributed by atoms with Gasteiger partial charge in [-0.1, -0.05) is 102 Å². The number of hydrogen-bond donors (Lipinski definition) is 2. The molecule has 2 aliphatic carbocycles. The quantitative estimate of drug-likeness (QED) is 0.0315. The van der Waals surface area contributed by atoms with Crippen LogP contribution in [-0.4, -0.2) is 60.5 Å². The molecule has 396 valence electrons. The van der Waals surface area contributed by atoms with Crippen molar-refractivity contribution in [2.24, 2.45) is 23.7 Å². The van der Waals surface area contributed by atoms with Crippen molar-refractivity contribution < 1.29 is 60.7 Å². The molecule has 0 spiro atoms. The molecule has 0 unspecified atom stereocenters. The zero-order valence-corrected chi connectivity index (χ0v) is 42.9. The van der Waals surface area contributed by atoms with E-state index in [1.165, 1.54) is 88.2 Å². The number of aryl methyl sites for hydroxylation is 2. The van der Waals surface area contributed by atoms with Gasteiger partial charge in [0.05, 0.1) is 36.9 Å². The molecule has 0 aliphatic heterocycles. The fourth-order valence-corrected chi connectivity index (χ4v) is 9.13. The van der Waals surface area contributed by atoms with E-state index in [9.17, 15) is 19.2 Å². The van der Waals surface area contributed by atoms with E-state index in [1.807, 2.05) is 24.3 Å². The highest BCUT2D eigenvalue weighted by atomic mass is 16.6. The number of hydrogen-bond acceptors (Lipinski definition) is 12. The number of unbranched alkanes of at least 4 members (excludes halogenated alkanes) is 10. The maximum atomic E-state index is 12.8. The van der Waals surface area contributed by atoms with Gasteiger partial charge in [-0.15, -0.1) is 0 Å². The summed E-state index contributed by atoms with van der Waals surface area (Å²) in [5, 5.41) is 17.5. The molecule has 2 N–H and O–H groups in total. The molecule has 0 bridgehead atoms. The lowest BCUT2D eigenvalue weighted by atomic mass is 9.82. The van der Waals surface area contributed by atoms with E-state index in [0.29, 0.717) is 85.9 Å². The highest BCUT2D eigenvalue weighted by Crippen LogP contribution is 2.33. The first-order valence-electron chi connectivity index (χ1n) is 26.9. The van der Waals surface area contributed by atoms with Gasteiger partial charge in [-0.2, -0.15) is 0 Å². The summed E-state index contributed by atoms with van der Waals surface area (Å²) in [6, 6.07) is 29.2. The molecule has 0 heterocycles. The van der Waals surface area contributed by atoms with Crippen LogP contribution in [0.4, 0.5) is 0 Å². The zero-order chi connectivity index (χ0) is 51.2. The summed E-state index contributed by atoms with van der Waals surface area (Å²) in [5.74, 6) is 1.44. The van der Waals surface area contributed by atoms with Crippen molar-refractivity contribution in [2.45, 2.75) is 155 Å². The average Bonchev–Trinajstić information content (AvgIpc) is 3.41. The maximum Gasteiger partial charge on any atom is 0.314 e. The fourth-order valence-electron chi connectivity index (χ4n) is 9.13. The third-order valence-corrected chi connectivity index (χ3v) is 13.5. The molecule has 72 heavy (non-hydrogen) atoms. The minimum absolute atomic E-state index is 0. The second kappa shape index (κ2) is 33.1. The fraction of sp³-hybridized carbons (Fsp3) is 0.533. The molecule has 0 aromatic heterocycles. The molecule has 0 saturated heterocycles. The van der Waals surface area contributed by atoms with Gasteiger partial charge in [-0.3, -0.25) is 19.2 Å².